The summed E-state index contributed by atoms with van der Waals surface area (Å²) < 4.78 is 40.4. The number of carbonyl (C=O) groups is 1. The highest BCUT2D eigenvalue weighted by molar-refractivity contribution is 6.08. The number of hydrogen-bond donors (Lipinski definition) is 1. The van der Waals surface area contributed by atoms with Gasteiger partial charge in [0.25, 0.3) is 5.91 Å². The van der Waals surface area contributed by atoms with E-state index in [0.29, 0.717) is 6.07 Å². The van der Waals surface area contributed by atoms with E-state index < -0.39 is 29.0 Å². The number of hydrogen-bond acceptors (Lipinski definition) is 4. The van der Waals surface area contributed by atoms with Gasteiger partial charge in [0, 0.05) is 24.9 Å². The number of nitrogens with two attached hydrogens (primary N) is 1. The fourth-order valence-corrected chi connectivity index (χ4v) is 2.54. The Kier molecular flexibility index (Phi) is 3.32. The van der Waals surface area contributed by atoms with Crippen LogP contribution >= 0.6 is 0 Å². The second kappa shape index (κ2) is 5.08. The topological polar surface area (TPSA) is 71.6 Å². The Morgan fingerprint density at radius 1 is 1.09 bits per heavy atom. The summed E-state index contributed by atoms with van der Waals surface area (Å²) in [6.07, 6.45) is 1.09. The maximum Gasteiger partial charge on any atom is 0.266 e. The van der Waals surface area contributed by atoms with Crippen molar-refractivity contribution in [2.24, 2.45) is 10.7 Å². The number of carbonyl (C=O) groups excluding carboxylic acids is 1. The van der Waals surface area contributed by atoms with Crippen LogP contribution in [0, 0.1) is 17.6 Å². The van der Waals surface area contributed by atoms with Gasteiger partial charge in [0.15, 0.2) is 11.5 Å². The maximum atomic E-state index is 13.6. The molecule has 1 aromatic heterocycles. The second-order valence-electron chi connectivity index (χ2n) is 5.07. The third kappa shape index (κ3) is 2.23. The molecule has 3 rings (SSSR count). The molecule has 0 fully saturated rings. The molecule has 0 bridgehead atoms. The van der Waals surface area contributed by atoms with E-state index in [-0.39, 0.29) is 17.1 Å². The summed E-state index contributed by atoms with van der Waals surface area (Å²) in [7, 11) is 1.38. The van der Waals surface area contributed by atoms with Crippen LogP contribution in [0.1, 0.15) is 11.1 Å². The molecule has 0 saturated carbocycles. The summed E-state index contributed by atoms with van der Waals surface area (Å²) in [6.45, 7) is 0. The molecule has 1 aromatic carbocycles. The molecule has 2 N–H and O–H groups in total. The van der Waals surface area contributed by atoms with Gasteiger partial charge in [0.05, 0.1) is 0 Å². The first-order valence-corrected chi connectivity index (χ1v) is 6.56. The quantitative estimate of drug-likeness (QED) is 0.853. The summed E-state index contributed by atoms with van der Waals surface area (Å²) in [5, 5.41) is 0. The minimum Gasteiger partial charge on any atom is -0.369 e. The van der Waals surface area contributed by atoms with Crippen LogP contribution in [0.4, 0.5) is 13.2 Å². The number of halogens is 3. The highest BCUT2D eigenvalue weighted by atomic mass is 19.1. The summed E-state index contributed by atoms with van der Waals surface area (Å²) in [4.78, 5) is 21.4. The van der Waals surface area contributed by atoms with Crippen LogP contribution in [0.5, 0.6) is 0 Å². The summed E-state index contributed by atoms with van der Waals surface area (Å²) in [5.41, 5.74) is 3.99. The van der Waals surface area contributed by atoms with Crippen molar-refractivity contribution >= 4 is 11.9 Å². The van der Waals surface area contributed by atoms with E-state index in [1.165, 1.54) is 13.1 Å². The molecule has 1 aliphatic heterocycles. The van der Waals surface area contributed by atoms with Crippen LogP contribution in [0.3, 0.4) is 0 Å². The van der Waals surface area contributed by atoms with E-state index in [1.807, 2.05) is 0 Å². The molecule has 1 aliphatic rings. The van der Waals surface area contributed by atoms with E-state index in [9.17, 15) is 18.0 Å². The van der Waals surface area contributed by atoms with Crippen molar-refractivity contribution in [3.05, 3.63) is 65.2 Å². The number of pyridine rings is 1. The molecule has 8 heteroatoms. The lowest BCUT2D eigenvalue weighted by Gasteiger charge is -2.25. The van der Waals surface area contributed by atoms with Gasteiger partial charge in [0.2, 0.25) is 5.95 Å². The smallest absolute Gasteiger partial charge is 0.266 e. The normalized spacial score (nSPS) is 20.8. The lowest BCUT2D eigenvalue weighted by Crippen LogP contribution is -2.41. The van der Waals surface area contributed by atoms with Crippen LogP contribution in [-0.2, 0) is 10.3 Å². The first-order valence-electron chi connectivity index (χ1n) is 6.56. The van der Waals surface area contributed by atoms with Crippen molar-refractivity contribution in [1.82, 2.24) is 9.88 Å². The molecule has 0 spiro atoms. The summed E-state index contributed by atoms with van der Waals surface area (Å²) in [6, 6.07) is 4.96. The molecule has 0 aliphatic carbocycles. The highest BCUT2D eigenvalue weighted by Crippen LogP contribution is 2.39. The molecule has 2 aromatic rings. The maximum absolute atomic E-state index is 13.6. The number of guanidine groups is 1. The predicted octanol–water partition coefficient (Wildman–Crippen LogP) is 1.53. The monoisotopic (exact) mass is 320 g/mol. The number of aromatic nitrogens is 1. The Hall–Kier alpha value is -2.90. The van der Waals surface area contributed by atoms with E-state index in [2.05, 4.69) is 9.98 Å². The van der Waals surface area contributed by atoms with Gasteiger partial charge in [-0.05, 0) is 29.8 Å². The Morgan fingerprint density at radius 2 is 1.74 bits per heavy atom. The van der Waals surface area contributed by atoms with Crippen LogP contribution < -0.4 is 5.73 Å². The minimum atomic E-state index is -1.80. The van der Waals surface area contributed by atoms with Crippen molar-refractivity contribution in [2.45, 2.75) is 5.54 Å². The molecule has 118 valence electrons. The highest BCUT2D eigenvalue weighted by Gasteiger charge is 2.50. The van der Waals surface area contributed by atoms with Crippen LogP contribution in [0.2, 0.25) is 0 Å². The largest absolute Gasteiger partial charge is 0.369 e. The van der Waals surface area contributed by atoms with Crippen molar-refractivity contribution in [3.63, 3.8) is 0 Å². The van der Waals surface area contributed by atoms with Gasteiger partial charge in [-0.15, -0.1) is 0 Å². The lowest BCUT2D eigenvalue weighted by molar-refractivity contribution is -0.129. The van der Waals surface area contributed by atoms with Crippen molar-refractivity contribution in [1.29, 1.82) is 0 Å². The van der Waals surface area contributed by atoms with E-state index in [4.69, 9.17) is 5.73 Å². The molecule has 0 radical (unpaired) electrons. The molecule has 1 unspecified atom stereocenters. The average Bonchev–Trinajstić information content (AvgIpc) is 2.72. The van der Waals surface area contributed by atoms with E-state index in [0.717, 1.165) is 29.3 Å². The molecule has 1 amide bonds. The average molecular weight is 320 g/mol. The Morgan fingerprint density at radius 3 is 2.22 bits per heavy atom. The molecule has 1 atom stereocenters. The van der Waals surface area contributed by atoms with Gasteiger partial charge in [-0.2, -0.15) is 4.39 Å². The number of amides is 1. The van der Waals surface area contributed by atoms with Gasteiger partial charge >= 0.3 is 0 Å². The number of benzene rings is 1. The number of nitrogens with zero attached hydrogens (tertiary/aromatic N) is 3. The van der Waals surface area contributed by atoms with Crippen molar-refractivity contribution in [2.75, 3.05) is 7.05 Å². The number of aliphatic imine (C=N–C) groups is 1. The SMILES string of the molecule is CN1C(=O)C(c2ccc(F)nc2)(c2cc(F)cc(F)c2)N=C1N. The first-order chi connectivity index (χ1) is 10.8. The fourth-order valence-electron chi connectivity index (χ4n) is 2.54. The summed E-state index contributed by atoms with van der Waals surface area (Å²) in [5.74, 6) is -3.24. The first kappa shape index (κ1) is 15.0. The molecule has 5 nitrogen and oxygen atoms in total. The zero-order chi connectivity index (χ0) is 16.8. The zero-order valence-electron chi connectivity index (χ0n) is 11.9. The number of rotatable bonds is 2. The zero-order valence-corrected chi connectivity index (χ0v) is 11.9. The van der Waals surface area contributed by atoms with Crippen molar-refractivity contribution < 1.29 is 18.0 Å². The van der Waals surface area contributed by atoms with Gasteiger partial charge in [0.1, 0.15) is 11.6 Å². The van der Waals surface area contributed by atoms with Crippen LogP contribution in [-0.4, -0.2) is 28.8 Å². The fraction of sp³-hybridized carbons (Fsp3) is 0.133. The lowest BCUT2D eigenvalue weighted by atomic mass is 9.83. The standard InChI is InChI=1S/C15H11F3N4O/c1-22-13(23)15(21-14(22)19,8-2-3-12(18)20-7-8)9-4-10(16)6-11(17)5-9/h2-7H,1H3,(H2,19,21). The number of likely N-dealkylation sites (N-methyl/N-ethyl adjacent to an activating group) is 1. The molecular weight excluding hydrogens is 309 g/mol. The Bertz CT molecular complexity index is 802. The third-order valence-corrected chi connectivity index (χ3v) is 3.67. The Labute approximate surface area is 129 Å². The van der Waals surface area contributed by atoms with Gasteiger partial charge in [-0.3, -0.25) is 9.69 Å². The summed E-state index contributed by atoms with van der Waals surface area (Å²) >= 11 is 0. The minimum absolute atomic E-state index is 0.0549. The van der Waals surface area contributed by atoms with Gasteiger partial charge in [-0.1, -0.05) is 0 Å². The predicted molar refractivity (Wildman–Crippen MR) is 75.7 cm³/mol. The second-order valence-corrected chi connectivity index (χ2v) is 5.07. The van der Waals surface area contributed by atoms with Crippen LogP contribution in [0.25, 0.3) is 0 Å². The Balaban J connectivity index is 2.31. The molecule has 2 heterocycles. The molecular formula is C15H11F3N4O. The van der Waals surface area contributed by atoms with Gasteiger partial charge in [-0.25, -0.2) is 18.8 Å². The van der Waals surface area contributed by atoms with E-state index in [1.54, 1.807) is 0 Å². The third-order valence-electron chi connectivity index (χ3n) is 3.67. The van der Waals surface area contributed by atoms with Crippen LogP contribution in [0.15, 0.2) is 41.5 Å². The van der Waals surface area contributed by atoms with Crippen molar-refractivity contribution in [3.8, 4) is 0 Å². The molecule has 23 heavy (non-hydrogen) atoms. The van der Waals surface area contributed by atoms with E-state index >= 15 is 0 Å². The van der Waals surface area contributed by atoms with Gasteiger partial charge < -0.3 is 5.73 Å². The molecule has 0 saturated heterocycles.